The summed E-state index contributed by atoms with van der Waals surface area (Å²) in [4.78, 5) is 24.9. The van der Waals surface area contributed by atoms with Crippen molar-refractivity contribution in [3.8, 4) is 0 Å². The molecule has 1 heterocycles. The van der Waals surface area contributed by atoms with Gasteiger partial charge in [-0.3, -0.25) is 14.5 Å². The van der Waals surface area contributed by atoms with E-state index in [9.17, 15) is 14.0 Å². The van der Waals surface area contributed by atoms with Crippen LogP contribution in [0.2, 0.25) is 5.02 Å². The number of rotatable bonds is 1. The molecule has 0 aliphatic carbocycles. The second kappa shape index (κ2) is 4.57. The Morgan fingerprint density at radius 2 is 2.00 bits per heavy atom. The molecule has 1 aromatic carbocycles. The maximum atomic E-state index is 13.9. The zero-order chi connectivity index (χ0) is 13.4. The van der Waals surface area contributed by atoms with Crippen LogP contribution in [0.3, 0.4) is 0 Å². The first kappa shape index (κ1) is 12.8. The summed E-state index contributed by atoms with van der Waals surface area (Å²) in [6, 6.07) is 2.93. The van der Waals surface area contributed by atoms with Gasteiger partial charge in [0.2, 0.25) is 11.8 Å². The van der Waals surface area contributed by atoms with Gasteiger partial charge in [-0.05, 0) is 26.0 Å². The van der Waals surface area contributed by atoms with Crippen LogP contribution in [0.1, 0.15) is 13.8 Å². The summed E-state index contributed by atoms with van der Waals surface area (Å²) >= 11 is 5.69. The van der Waals surface area contributed by atoms with Gasteiger partial charge < -0.3 is 5.32 Å². The van der Waals surface area contributed by atoms with Crippen LogP contribution in [0.4, 0.5) is 10.1 Å². The number of nitrogens with one attached hydrogen (secondary N) is 1. The number of anilines is 1. The monoisotopic (exact) mass is 270 g/mol. The van der Waals surface area contributed by atoms with E-state index in [0.29, 0.717) is 0 Å². The summed E-state index contributed by atoms with van der Waals surface area (Å²) in [6.07, 6.45) is 0. The molecule has 2 rings (SSSR count). The van der Waals surface area contributed by atoms with E-state index >= 15 is 0 Å². The molecular weight excluding hydrogens is 259 g/mol. The normalized spacial score (nSPS) is 24.1. The molecule has 2 amide bonds. The minimum Gasteiger partial charge on any atom is -0.343 e. The lowest BCUT2D eigenvalue weighted by Gasteiger charge is -2.36. The second-order valence-corrected chi connectivity index (χ2v) is 4.59. The zero-order valence-corrected chi connectivity index (χ0v) is 10.7. The highest BCUT2D eigenvalue weighted by Gasteiger charge is 2.38. The Bertz CT molecular complexity index is 521. The smallest absolute Gasteiger partial charge is 0.250 e. The number of amides is 2. The SMILES string of the molecule is CC1NC(=O)C(C)N(c2cccc(Cl)c2F)C1=O. The number of hydrogen-bond acceptors (Lipinski definition) is 2. The van der Waals surface area contributed by atoms with Gasteiger partial charge in [0.1, 0.15) is 12.1 Å². The van der Waals surface area contributed by atoms with Crippen molar-refractivity contribution in [1.29, 1.82) is 0 Å². The number of halogens is 2. The fourth-order valence-corrected chi connectivity index (χ4v) is 2.09. The number of benzene rings is 1. The molecule has 1 aromatic rings. The average Bonchev–Trinajstić information content (AvgIpc) is 2.32. The van der Waals surface area contributed by atoms with Crippen LogP contribution < -0.4 is 10.2 Å². The van der Waals surface area contributed by atoms with E-state index in [1.165, 1.54) is 18.2 Å². The van der Waals surface area contributed by atoms with Crippen molar-refractivity contribution in [1.82, 2.24) is 5.32 Å². The lowest BCUT2D eigenvalue weighted by Crippen LogP contribution is -2.62. The first-order valence-electron chi connectivity index (χ1n) is 5.51. The van der Waals surface area contributed by atoms with Crippen molar-refractivity contribution in [2.45, 2.75) is 25.9 Å². The zero-order valence-electron chi connectivity index (χ0n) is 9.91. The Balaban J connectivity index is 2.50. The molecule has 0 aromatic heterocycles. The van der Waals surface area contributed by atoms with Crippen LogP contribution in [0.25, 0.3) is 0 Å². The van der Waals surface area contributed by atoms with Crippen LogP contribution >= 0.6 is 11.6 Å². The maximum Gasteiger partial charge on any atom is 0.250 e. The summed E-state index contributed by atoms with van der Waals surface area (Å²) in [5, 5.41) is 2.45. The molecule has 1 N–H and O–H groups in total. The van der Waals surface area contributed by atoms with Crippen molar-refractivity contribution < 1.29 is 14.0 Å². The molecule has 0 radical (unpaired) electrons. The van der Waals surface area contributed by atoms with Gasteiger partial charge in [-0.15, -0.1) is 0 Å². The van der Waals surface area contributed by atoms with E-state index in [0.717, 1.165) is 4.90 Å². The molecule has 1 saturated heterocycles. The number of hydrogen-bond donors (Lipinski definition) is 1. The Kier molecular flexibility index (Phi) is 3.26. The van der Waals surface area contributed by atoms with Gasteiger partial charge in [0.05, 0.1) is 10.7 Å². The first-order chi connectivity index (χ1) is 8.43. The number of carbonyl (C=O) groups is 2. The van der Waals surface area contributed by atoms with Gasteiger partial charge >= 0.3 is 0 Å². The Labute approximate surface area is 109 Å². The van der Waals surface area contributed by atoms with Gasteiger partial charge in [-0.25, -0.2) is 4.39 Å². The van der Waals surface area contributed by atoms with E-state index in [2.05, 4.69) is 5.32 Å². The molecule has 0 saturated carbocycles. The van der Waals surface area contributed by atoms with Crippen LogP contribution in [-0.4, -0.2) is 23.9 Å². The number of carbonyl (C=O) groups excluding carboxylic acids is 2. The van der Waals surface area contributed by atoms with Gasteiger partial charge in [-0.1, -0.05) is 17.7 Å². The van der Waals surface area contributed by atoms with Crippen molar-refractivity contribution in [2.75, 3.05) is 4.90 Å². The molecule has 1 aliphatic rings. The average molecular weight is 271 g/mol. The third kappa shape index (κ3) is 1.95. The van der Waals surface area contributed by atoms with Crippen LogP contribution in [0.5, 0.6) is 0 Å². The minimum atomic E-state index is -0.762. The molecular formula is C12H12ClFN2O2. The van der Waals surface area contributed by atoms with Crippen LogP contribution in [0.15, 0.2) is 18.2 Å². The standard InChI is InChI=1S/C12H12ClFN2O2/c1-6-12(18)16(7(2)11(17)15-6)9-5-3-4-8(13)10(9)14/h3-7H,1-2H3,(H,15,17). The fourth-order valence-electron chi connectivity index (χ4n) is 1.92. The predicted molar refractivity (Wildman–Crippen MR) is 66.0 cm³/mol. The highest BCUT2D eigenvalue weighted by atomic mass is 35.5. The molecule has 1 fully saturated rings. The summed E-state index contributed by atoms with van der Waals surface area (Å²) < 4.78 is 13.9. The topological polar surface area (TPSA) is 49.4 Å². The summed E-state index contributed by atoms with van der Waals surface area (Å²) in [5.41, 5.74) is 0.0294. The third-order valence-corrected chi connectivity index (χ3v) is 3.22. The molecule has 2 unspecified atom stereocenters. The minimum absolute atomic E-state index is 0.0294. The largest absolute Gasteiger partial charge is 0.343 e. The molecule has 6 heteroatoms. The highest BCUT2D eigenvalue weighted by molar-refractivity contribution is 6.31. The van der Waals surface area contributed by atoms with Crippen molar-refractivity contribution >= 4 is 29.1 Å². The molecule has 1 aliphatic heterocycles. The van der Waals surface area contributed by atoms with Crippen LogP contribution in [-0.2, 0) is 9.59 Å². The van der Waals surface area contributed by atoms with E-state index in [1.807, 2.05) is 0 Å². The molecule has 2 atom stereocenters. The van der Waals surface area contributed by atoms with E-state index in [-0.39, 0.29) is 22.5 Å². The molecule has 4 nitrogen and oxygen atoms in total. The Hall–Kier alpha value is -1.62. The third-order valence-electron chi connectivity index (χ3n) is 2.92. The Morgan fingerprint density at radius 1 is 1.33 bits per heavy atom. The van der Waals surface area contributed by atoms with E-state index in [4.69, 9.17) is 11.6 Å². The summed E-state index contributed by atoms with van der Waals surface area (Å²) in [5.74, 6) is -1.37. The lowest BCUT2D eigenvalue weighted by molar-refractivity contribution is -0.133. The maximum absolute atomic E-state index is 13.9. The molecule has 0 bridgehead atoms. The quantitative estimate of drug-likeness (QED) is 0.845. The van der Waals surface area contributed by atoms with Gasteiger partial charge in [0.15, 0.2) is 5.82 Å². The molecule has 96 valence electrons. The summed E-state index contributed by atoms with van der Waals surface area (Å²) in [7, 11) is 0. The molecule has 0 spiro atoms. The number of piperazine rings is 1. The lowest BCUT2D eigenvalue weighted by atomic mass is 10.1. The molecule has 18 heavy (non-hydrogen) atoms. The first-order valence-corrected chi connectivity index (χ1v) is 5.88. The Morgan fingerprint density at radius 3 is 2.67 bits per heavy atom. The number of nitrogens with zero attached hydrogens (tertiary/aromatic N) is 1. The van der Waals surface area contributed by atoms with Gasteiger partial charge in [0.25, 0.3) is 0 Å². The van der Waals surface area contributed by atoms with Gasteiger partial charge in [0, 0.05) is 0 Å². The van der Waals surface area contributed by atoms with Crippen molar-refractivity contribution in [3.05, 3.63) is 29.0 Å². The fraction of sp³-hybridized carbons (Fsp3) is 0.333. The highest BCUT2D eigenvalue weighted by Crippen LogP contribution is 2.28. The predicted octanol–water partition coefficient (Wildman–Crippen LogP) is 1.72. The van der Waals surface area contributed by atoms with Crippen molar-refractivity contribution in [3.63, 3.8) is 0 Å². The van der Waals surface area contributed by atoms with E-state index in [1.54, 1.807) is 13.8 Å². The van der Waals surface area contributed by atoms with Crippen molar-refractivity contribution in [2.24, 2.45) is 0 Å². The van der Waals surface area contributed by atoms with Crippen LogP contribution in [0, 0.1) is 5.82 Å². The second-order valence-electron chi connectivity index (χ2n) is 4.19. The summed E-state index contributed by atoms with van der Waals surface area (Å²) in [6.45, 7) is 3.10. The van der Waals surface area contributed by atoms with Gasteiger partial charge in [-0.2, -0.15) is 0 Å². The van der Waals surface area contributed by atoms with E-state index < -0.39 is 17.9 Å².